The summed E-state index contributed by atoms with van der Waals surface area (Å²) < 4.78 is 28.5. The van der Waals surface area contributed by atoms with Crippen molar-refractivity contribution < 1.29 is 28.8 Å². The Morgan fingerprint density at radius 2 is 1.87 bits per heavy atom. The Labute approximate surface area is 136 Å². The zero-order valence-electron chi connectivity index (χ0n) is 13.1. The van der Waals surface area contributed by atoms with E-state index in [1.807, 2.05) is 30.3 Å². The number of hydrogen-bond donors (Lipinski definition) is 1. The fraction of sp³-hybridized carbons (Fsp3) is 0.647. The molecule has 0 spiro atoms. The highest BCUT2D eigenvalue weighted by Crippen LogP contribution is 2.33. The van der Waals surface area contributed by atoms with Gasteiger partial charge in [-0.3, -0.25) is 0 Å². The van der Waals surface area contributed by atoms with E-state index in [-0.39, 0.29) is 31.4 Å². The van der Waals surface area contributed by atoms with Crippen molar-refractivity contribution in [3.63, 3.8) is 0 Å². The smallest absolute Gasteiger partial charge is 0.184 e. The van der Waals surface area contributed by atoms with Crippen molar-refractivity contribution in [3.8, 4) is 0 Å². The minimum atomic E-state index is -0.314. The SMILES string of the molecule is OCCOCCOC1CCC2OC(c3ccccc3)OCC2O1. The van der Waals surface area contributed by atoms with Crippen LogP contribution < -0.4 is 0 Å². The molecule has 128 valence electrons. The summed E-state index contributed by atoms with van der Waals surface area (Å²) in [6.45, 7) is 1.78. The van der Waals surface area contributed by atoms with E-state index in [0.29, 0.717) is 26.4 Å². The molecule has 0 aromatic heterocycles. The summed E-state index contributed by atoms with van der Waals surface area (Å²) in [6.07, 6.45) is 1.08. The molecular weight excluding hydrogens is 300 g/mol. The van der Waals surface area contributed by atoms with E-state index in [4.69, 9.17) is 28.8 Å². The van der Waals surface area contributed by atoms with E-state index in [2.05, 4.69) is 0 Å². The van der Waals surface area contributed by atoms with Gasteiger partial charge >= 0.3 is 0 Å². The van der Waals surface area contributed by atoms with E-state index < -0.39 is 0 Å². The monoisotopic (exact) mass is 324 g/mol. The van der Waals surface area contributed by atoms with E-state index in [1.165, 1.54) is 0 Å². The van der Waals surface area contributed by atoms with Gasteiger partial charge < -0.3 is 28.8 Å². The molecule has 4 unspecified atom stereocenters. The van der Waals surface area contributed by atoms with Crippen molar-refractivity contribution in [3.05, 3.63) is 35.9 Å². The first-order chi connectivity index (χ1) is 11.4. The lowest BCUT2D eigenvalue weighted by atomic mass is 10.0. The molecule has 2 fully saturated rings. The summed E-state index contributed by atoms with van der Waals surface area (Å²) in [6, 6.07) is 9.95. The second-order valence-electron chi connectivity index (χ2n) is 5.64. The zero-order valence-corrected chi connectivity index (χ0v) is 13.1. The third-order valence-corrected chi connectivity index (χ3v) is 3.98. The molecule has 0 aliphatic carbocycles. The fourth-order valence-corrected chi connectivity index (χ4v) is 2.83. The molecule has 1 aromatic carbocycles. The number of aliphatic hydroxyl groups excluding tert-OH is 1. The number of aliphatic hydroxyl groups is 1. The molecule has 2 aliphatic heterocycles. The average Bonchev–Trinajstić information content (AvgIpc) is 2.62. The molecule has 0 radical (unpaired) electrons. The lowest BCUT2D eigenvalue weighted by molar-refractivity contribution is -0.317. The highest BCUT2D eigenvalue weighted by Gasteiger charge is 2.38. The van der Waals surface area contributed by atoms with Crippen LogP contribution in [0.1, 0.15) is 24.7 Å². The van der Waals surface area contributed by atoms with E-state index >= 15 is 0 Å². The van der Waals surface area contributed by atoms with Crippen molar-refractivity contribution in [2.45, 2.75) is 37.6 Å². The molecule has 6 nitrogen and oxygen atoms in total. The molecule has 0 bridgehead atoms. The second-order valence-corrected chi connectivity index (χ2v) is 5.64. The van der Waals surface area contributed by atoms with Gasteiger partial charge in [-0.1, -0.05) is 30.3 Å². The lowest BCUT2D eigenvalue weighted by Crippen LogP contribution is -2.48. The van der Waals surface area contributed by atoms with Crippen molar-refractivity contribution in [2.75, 3.05) is 33.0 Å². The number of rotatable bonds is 7. The van der Waals surface area contributed by atoms with Crippen molar-refractivity contribution >= 4 is 0 Å². The summed E-state index contributed by atoms with van der Waals surface area (Å²) in [5, 5.41) is 8.63. The third-order valence-electron chi connectivity index (χ3n) is 3.98. The maximum absolute atomic E-state index is 8.63. The summed E-state index contributed by atoms with van der Waals surface area (Å²) in [7, 11) is 0. The third kappa shape index (κ3) is 4.73. The molecule has 1 aromatic rings. The topological polar surface area (TPSA) is 66.4 Å². The van der Waals surface area contributed by atoms with Crippen molar-refractivity contribution in [1.82, 2.24) is 0 Å². The van der Waals surface area contributed by atoms with Gasteiger partial charge in [-0.05, 0) is 6.42 Å². The number of ether oxygens (including phenoxy) is 5. The Balaban J connectivity index is 1.42. The summed E-state index contributed by atoms with van der Waals surface area (Å²) in [5.41, 5.74) is 1.03. The lowest BCUT2D eigenvalue weighted by Gasteiger charge is -2.41. The molecule has 2 aliphatic rings. The van der Waals surface area contributed by atoms with Gasteiger partial charge in [0, 0.05) is 12.0 Å². The molecule has 2 saturated heterocycles. The highest BCUT2D eigenvalue weighted by molar-refractivity contribution is 5.16. The Morgan fingerprint density at radius 1 is 1.00 bits per heavy atom. The van der Waals surface area contributed by atoms with Crippen LogP contribution in [0.3, 0.4) is 0 Å². The van der Waals surface area contributed by atoms with Gasteiger partial charge in [-0.2, -0.15) is 0 Å². The molecule has 1 N–H and O–H groups in total. The molecule has 2 heterocycles. The summed E-state index contributed by atoms with van der Waals surface area (Å²) >= 11 is 0. The van der Waals surface area contributed by atoms with Gasteiger partial charge in [0.25, 0.3) is 0 Å². The van der Waals surface area contributed by atoms with Crippen molar-refractivity contribution in [1.29, 1.82) is 0 Å². The van der Waals surface area contributed by atoms with E-state index in [9.17, 15) is 0 Å². The van der Waals surface area contributed by atoms with Crippen LogP contribution in [-0.4, -0.2) is 56.6 Å². The van der Waals surface area contributed by atoms with Crippen LogP contribution in [0.2, 0.25) is 0 Å². The van der Waals surface area contributed by atoms with Crippen LogP contribution in [0.4, 0.5) is 0 Å². The predicted octanol–water partition coefficient (Wildman–Crippen LogP) is 1.63. The van der Waals surface area contributed by atoms with Gasteiger partial charge in [0.1, 0.15) is 6.10 Å². The number of hydrogen-bond acceptors (Lipinski definition) is 6. The summed E-state index contributed by atoms with van der Waals surface area (Å²) in [5.74, 6) is 0. The first kappa shape index (κ1) is 16.8. The fourth-order valence-electron chi connectivity index (χ4n) is 2.83. The first-order valence-electron chi connectivity index (χ1n) is 8.14. The molecule has 23 heavy (non-hydrogen) atoms. The van der Waals surface area contributed by atoms with Crippen LogP contribution in [0, 0.1) is 0 Å². The first-order valence-corrected chi connectivity index (χ1v) is 8.14. The van der Waals surface area contributed by atoms with E-state index in [1.54, 1.807) is 0 Å². The molecule has 6 heteroatoms. The minimum Gasteiger partial charge on any atom is -0.394 e. The van der Waals surface area contributed by atoms with Crippen LogP contribution in [-0.2, 0) is 23.7 Å². The molecule has 3 rings (SSSR count). The summed E-state index contributed by atoms with van der Waals surface area (Å²) in [4.78, 5) is 0. The Kier molecular flexibility index (Phi) is 6.38. The normalized spacial score (nSPS) is 30.8. The van der Waals surface area contributed by atoms with Gasteiger partial charge in [0.05, 0.1) is 39.1 Å². The van der Waals surface area contributed by atoms with Crippen LogP contribution >= 0.6 is 0 Å². The van der Waals surface area contributed by atoms with Crippen molar-refractivity contribution in [2.24, 2.45) is 0 Å². The number of fused-ring (bicyclic) bond motifs is 1. The molecule has 0 saturated carbocycles. The average molecular weight is 324 g/mol. The Bertz CT molecular complexity index is 454. The number of benzene rings is 1. The Morgan fingerprint density at radius 3 is 2.70 bits per heavy atom. The maximum atomic E-state index is 8.63. The predicted molar refractivity (Wildman–Crippen MR) is 81.8 cm³/mol. The van der Waals surface area contributed by atoms with Gasteiger partial charge in [0.15, 0.2) is 12.6 Å². The van der Waals surface area contributed by atoms with Gasteiger partial charge in [0.2, 0.25) is 0 Å². The second kappa shape index (κ2) is 8.73. The van der Waals surface area contributed by atoms with Crippen LogP contribution in [0.5, 0.6) is 0 Å². The minimum absolute atomic E-state index is 0.0287. The molecule has 0 amide bonds. The highest BCUT2D eigenvalue weighted by atomic mass is 16.7. The Hall–Kier alpha value is -1.02. The van der Waals surface area contributed by atoms with Gasteiger partial charge in [-0.25, -0.2) is 0 Å². The molecule has 4 atom stereocenters. The van der Waals surface area contributed by atoms with E-state index in [0.717, 1.165) is 18.4 Å². The maximum Gasteiger partial charge on any atom is 0.184 e. The van der Waals surface area contributed by atoms with Crippen LogP contribution in [0.15, 0.2) is 30.3 Å². The zero-order chi connectivity index (χ0) is 15.9. The molecular formula is C17H24O6. The quantitative estimate of drug-likeness (QED) is 0.769. The van der Waals surface area contributed by atoms with Gasteiger partial charge in [-0.15, -0.1) is 0 Å². The largest absolute Gasteiger partial charge is 0.394 e. The van der Waals surface area contributed by atoms with Crippen LogP contribution in [0.25, 0.3) is 0 Å². The standard InChI is InChI=1S/C17H24O6/c18-8-9-19-10-11-20-16-7-6-14-15(22-16)12-21-17(23-14)13-4-2-1-3-5-13/h1-5,14-18H,6-12H2.